The fourth-order valence-corrected chi connectivity index (χ4v) is 3.94. The summed E-state index contributed by atoms with van der Waals surface area (Å²) in [6.07, 6.45) is 4.43. The van der Waals surface area contributed by atoms with E-state index in [0.29, 0.717) is 38.7 Å². The standard InChI is InChI=1S/C27H48N2O6/c1-19(2)22(18-23(29)24(30)15-20(3)27(31)32)16-21-9-10-25(34-13-7-5-6-11-28)26(17-21)35-14-8-12-33-4/h9-10,17,19-20,22-24,30H,5-8,11-16,18,28-29H2,1-4H3,(H,31,32). The molecule has 0 radical (unpaired) electrons. The maximum atomic E-state index is 11.1. The van der Waals surface area contributed by atoms with Crippen molar-refractivity contribution in [3.8, 4) is 11.5 Å². The first kappa shape index (κ1) is 31.2. The van der Waals surface area contributed by atoms with Gasteiger partial charge in [-0.3, -0.25) is 4.79 Å². The minimum absolute atomic E-state index is 0.151. The first-order valence-corrected chi connectivity index (χ1v) is 12.9. The molecular formula is C27H48N2O6. The molecule has 0 heterocycles. The van der Waals surface area contributed by atoms with E-state index in [1.54, 1.807) is 14.0 Å². The second kappa shape index (κ2) is 17.5. The molecule has 0 fully saturated rings. The van der Waals surface area contributed by atoms with Crippen LogP contribution in [0.5, 0.6) is 11.5 Å². The van der Waals surface area contributed by atoms with Crippen LogP contribution in [0, 0.1) is 17.8 Å². The van der Waals surface area contributed by atoms with Gasteiger partial charge in [0.05, 0.1) is 25.2 Å². The van der Waals surface area contributed by atoms with Gasteiger partial charge in [0.15, 0.2) is 11.5 Å². The Morgan fingerprint density at radius 1 is 0.971 bits per heavy atom. The highest BCUT2D eigenvalue weighted by Gasteiger charge is 2.26. The number of aliphatic hydroxyl groups excluding tert-OH is 1. The van der Waals surface area contributed by atoms with Crippen molar-refractivity contribution in [1.82, 2.24) is 0 Å². The van der Waals surface area contributed by atoms with Crippen LogP contribution in [0.1, 0.15) is 64.9 Å². The van der Waals surface area contributed by atoms with E-state index < -0.39 is 24.0 Å². The fourth-order valence-electron chi connectivity index (χ4n) is 3.94. The highest BCUT2D eigenvalue weighted by molar-refractivity contribution is 5.69. The normalized spacial score (nSPS) is 15.0. The van der Waals surface area contributed by atoms with Gasteiger partial charge < -0.3 is 35.9 Å². The van der Waals surface area contributed by atoms with Crippen molar-refractivity contribution in [1.29, 1.82) is 0 Å². The van der Waals surface area contributed by atoms with Crippen LogP contribution in [0.4, 0.5) is 0 Å². The van der Waals surface area contributed by atoms with Gasteiger partial charge in [-0.2, -0.15) is 0 Å². The minimum Gasteiger partial charge on any atom is -0.490 e. The van der Waals surface area contributed by atoms with Crippen LogP contribution in [0.3, 0.4) is 0 Å². The number of nitrogens with two attached hydrogens (primary N) is 2. The lowest BCUT2D eigenvalue weighted by Crippen LogP contribution is -2.39. The Hall–Kier alpha value is -1.87. The lowest BCUT2D eigenvalue weighted by molar-refractivity contribution is -0.142. The third-order valence-electron chi connectivity index (χ3n) is 6.39. The van der Waals surface area contributed by atoms with Crippen molar-refractivity contribution in [2.24, 2.45) is 29.2 Å². The zero-order valence-electron chi connectivity index (χ0n) is 22.1. The molecule has 0 saturated heterocycles. The number of carbonyl (C=O) groups is 1. The van der Waals surface area contributed by atoms with E-state index >= 15 is 0 Å². The predicted molar refractivity (Wildman–Crippen MR) is 139 cm³/mol. The van der Waals surface area contributed by atoms with E-state index in [2.05, 4.69) is 19.9 Å². The molecule has 0 aliphatic rings. The number of hydrogen-bond acceptors (Lipinski definition) is 7. The molecule has 0 amide bonds. The van der Waals surface area contributed by atoms with Gasteiger partial charge >= 0.3 is 5.97 Å². The third kappa shape index (κ3) is 12.6. The van der Waals surface area contributed by atoms with Crippen molar-refractivity contribution in [2.45, 2.75) is 77.9 Å². The van der Waals surface area contributed by atoms with Crippen LogP contribution < -0.4 is 20.9 Å². The number of methoxy groups -OCH3 is 1. The number of aliphatic carboxylic acids is 1. The number of benzene rings is 1. The Bertz CT molecular complexity index is 715. The summed E-state index contributed by atoms with van der Waals surface area (Å²) in [6.45, 7) is 8.35. The van der Waals surface area contributed by atoms with Gasteiger partial charge in [0.25, 0.3) is 0 Å². The van der Waals surface area contributed by atoms with Gasteiger partial charge in [0, 0.05) is 26.2 Å². The highest BCUT2D eigenvalue weighted by atomic mass is 16.5. The monoisotopic (exact) mass is 496 g/mol. The summed E-state index contributed by atoms with van der Waals surface area (Å²) in [5, 5.41) is 19.6. The number of carboxylic acids is 1. The van der Waals surface area contributed by atoms with E-state index in [-0.39, 0.29) is 12.3 Å². The van der Waals surface area contributed by atoms with Crippen LogP contribution in [-0.2, 0) is 16.0 Å². The SMILES string of the molecule is COCCCOc1cc(CC(CC(N)C(O)CC(C)C(=O)O)C(C)C)ccc1OCCCCCN. The van der Waals surface area contributed by atoms with Gasteiger partial charge in [0.1, 0.15) is 0 Å². The summed E-state index contributed by atoms with van der Waals surface area (Å²) < 4.78 is 17.2. The Labute approximate surface area is 211 Å². The van der Waals surface area contributed by atoms with Gasteiger partial charge in [0.2, 0.25) is 0 Å². The van der Waals surface area contributed by atoms with Gasteiger partial charge in [-0.05, 0) is 74.6 Å². The Morgan fingerprint density at radius 3 is 2.29 bits per heavy atom. The van der Waals surface area contributed by atoms with Crippen LogP contribution >= 0.6 is 0 Å². The van der Waals surface area contributed by atoms with E-state index in [0.717, 1.165) is 49.2 Å². The quantitative estimate of drug-likeness (QED) is 0.201. The molecule has 8 nitrogen and oxygen atoms in total. The molecule has 6 N–H and O–H groups in total. The topological polar surface area (TPSA) is 137 Å². The third-order valence-corrected chi connectivity index (χ3v) is 6.39. The molecule has 1 aromatic rings. The van der Waals surface area contributed by atoms with Gasteiger partial charge in [-0.1, -0.05) is 26.8 Å². The molecule has 8 heteroatoms. The van der Waals surface area contributed by atoms with E-state index in [1.165, 1.54) is 0 Å². The molecule has 0 saturated carbocycles. The van der Waals surface area contributed by atoms with Crippen molar-refractivity contribution in [3.63, 3.8) is 0 Å². The molecule has 1 rings (SSSR count). The Kier molecular flexibility index (Phi) is 15.6. The van der Waals surface area contributed by atoms with Gasteiger partial charge in [-0.15, -0.1) is 0 Å². The Balaban J connectivity index is 2.87. The van der Waals surface area contributed by atoms with E-state index in [4.69, 9.17) is 30.8 Å². The summed E-state index contributed by atoms with van der Waals surface area (Å²) in [6, 6.07) is 5.57. The fraction of sp³-hybridized carbons (Fsp3) is 0.741. The summed E-state index contributed by atoms with van der Waals surface area (Å²) in [4.78, 5) is 11.1. The molecule has 4 atom stereocenters. The minimum atomic E-state index is -0.920. The zero-order chi connectivity index (χ0) is 26.2. The lowest BCUT2D eigenvalue weighted by atomic mass is 9.82. The van der Waals surface area contributed by atoms with Crippen LogP contribution in [0.2, 0.25) is 0 Å². The maximum absolute atomic E-state index is 11.1. The van der Waals surface area contributed by atoms with Crippen molar-refractivity contribution >= 4 is 5.97 Å². The molecule has 0 aliphatic carbocycles. The lowest BCUT2D eigenvalue weighted by Gasteiger charge is -2.28. The number of aliphatic hydroxyl groups is 1. The molecule has 0 spiro atoms. The smallest absolute Gasteiger partial charge is 0.306 e. The Morgan fingerprint density at radius 2 is 1.66 bits per heavy atom. The number of ether oxygens (including phenoxy) is 3. The second-order valence-electron chi connectivity index (χ2n) is 9.82. The average Bonchev–Trinajstić information content (AvgIpc) is 2.81. The summed E-state index contributed by atoms with van der Waals surface area (Å²) in [7, 11) is 1.67. The van der Waals surface area contributed by atoms with Crippen molar-refractivity contribution < 1.29 is 29.2 Å². The summed E-state index contributed by atoms with van der Waals surface area (Å²) >= 11 is 0. The first-order chi connectivity index (χ1) is 16.7. The molecule has 202 valence electrons. The average molecular weight is 497 g/mol. The molecular weight excluding hydrogens is 448 g/mol. The second-order valence-corrected chi connectivity index (χ2v) is 9.82. The van der Waals surface area contributed by atoms with Crippen LogP contribution in [0.25, 0.3) is 0 Å². The predicted octanol–water partition coefficient (Wildman–Crippen LogP) is 3.61. The number of rotatable bonds is 20. The molecule has 4 unspecified atom stereocenters. The number of hydrogen-bond donors (Lipinski definition) is 4. The van der Waals surface area contributed by atoms with Crippen molar-refractivity contribution in [2.75, 3.05) is 33.5 Å². The zero-order valence-corrected chi connectivity index (χ0v) is 22.1. The highest BCUT2D eigenvalue weighted by Crippen LogP contribution is 2.32. The van der Waals surface area contributed by atoms with Gasteiger partial charge in [-0.25, -0.2) is 0 Å². The van der Waals surface area contributed by atoms with Crippen molar-refractivity contribution in [3.05, 3.63) is 23.8 Å². The number of carboxylic acid groups (broad SMARTS) is 1. The van der Waals surface area contributed by atoms with E-state index in [9.17, 15) is 9.90 Å². The number of unbranched alkanes of at least 4 members (excludes halogenated alkanes) is 2. The molecule has 35 heavy (non-hydrogen) atoms. The summed E-state index contributed by atoms with van der Waals surface area (Å²) in [5.74, 6) is 0.471. The molecule has 0 bridgehead atoms. The molecule has 0 aliphatic heterocycles. The van der Waals surface area contributed by atoms with Crippen LogP contribution in [0.15, 0.2) is 18.2 Å². The van der Waals surface area contributed by atoms with E-state index in [1.807, 2.05) is 12.1 Å². The maximum Gasteiger partial charge on any atom is 0.306 e. The molecule has 0 aromatic heterocycles. The van der Waals surface area contributed by atoms with Crippen LogP contribution in [-0.4, -0.2) is 61.8 Å². The molecule has 1 aromatic carbocycles. The largest absolute Gasteiger partial charge is 0.490 e. The summed E-state index contributed by atoms with van der Waals surface area (Å²) in [5.41, 5.74) is 13.0. The first-order valence-electron chi connectivity index (χ1n) is 12.9.